The quantitative estimate of drug-likeness (QED) is 0.645. The Morgan fingerprint density at radius 2 is 2.23 bits per heavy atom. The van der Waals surface area contributed by atoms with Gasteiger partial charge in [-0.05, 0) is 19.3 Å². The van der Waals surface area contributed by atoms with Gasteiger partial charge in [-0.2, -0.15) is 0 Å². The van der Waals surface area contributed by atoms with E-state index in [2.05, 4.69) is 30.7 Å². The number of hydrogen-bond donors (Lipinski definition) is 1. The van der Waals surface area contributed by atoms with Crippen LogP contribution in [0.25, 0.3) is 0 Å². The van der Waals surface area contributed by atoms with Gasteiger partial charge in [0.1, 0.15) is 5.84 Å². The van der Waals surface area contributed by atoms with Crippen LogP contribution in [0.1, 0.15) is 33.1 Å². The summed E-state index contributed by atoms with van der Waals surface area (Å²) in [6.45, 7) is 10.2. The molecule has 0 aromatic heterocycles. The minimum absolute atomic E-state index is 0.234. The second-order valence-corrected chi connectivity index (χ2v) is 3.64. The summed E-state index contributed by atoms with van der Waals surface area (Å²) in [4.78, 5) is 4.53. The van der Waals surface area contributed by atoms with Crippen molar-refractivity contribution in [2.75, 3.05) is 13.1 Å². The van der Waals surface area contributed by atoms with E-state index in [0.29, 0.717) is 0 Å². The van der Waals surface area contributed by atoms with Crippen molar-refractivity contribution >= 4 is 5.84 Å². The van der Waals surface area contributed by atoms with Crippen molar-refractivity contribution in [1.29, 1.82) is 0 Å². The van der Waals surface area contributed by atoms with Crippen molar-refractivity contribution in [3.63, 3.8) is 0 Å². The summed E-state index contributed by atoms with van der Waals surface area (Å²) >= 11 is 0. The molecule has 0 fully saturated rings. The summed E-state index contributed by atoms with van der Waals surface area (Å²) in [7, 11) is 0. The molecule has 0 atom stereocenters. The smallest absolute Gasteiger partial charge is 0.103 e. The van der Waals surface area contributed by atoms with Gasteiger partial charge >= 0.3 is 0 Å². The van der Waals surface area contributed by atoms with Crippen LogP contribution in [0, 0.1) is 5.41 Å². The van der Waals surface area contributed by atoms with Crippen LogP contribution in [0.3, 0.4) is 0 Å². The maximum atomic E-state index is 4.53. The predicted octanol–water partition coefficient (Wildman–Crippen LogP) is 2.37. The first-order valence-electron chi connectivity index (χ1n) is 5.18. The van der Waals surface area contributed by atoms with Crippen molar-refractivity contribution < 1.29 is 0 Å². The topological polar surface area (TPSA) is 24.4 Å². The highest BCUT2D eigenvalue weighted by Gasteiger charge is 2.32. The number of aliphatic imine (C=N–C) groups is 1. The lowest BCUT2D eigenvalue weighted by Crippen LogP contribution is -2.37. The molecule has 0 amide bonds. The second kappa shape index (κ2) is 4.45. The second-order valence-electron chi connectivity index (χ2n) is 3.64. The molecule has 0 spiro atoms. The average Bonchev–Trinajstić information content (AvgIpc) is 2.68. The lowest BCUT2D eigenvalue weighted by atomic mass is 9.78. The minimum atomic E-state index is 0.234. The van der Waals surface area contributed by atoms with Gasteiger partial charge in [-0.15, -0.1) is 6.58 Å². The monoisotopic (exact) mass is 180 g/mol. The molecule has 0 aromatic carbocycles. The minimum Gasteiger partial charge on any atom is -0.372 e. The lowest BCUT2D eigenvalue weighted by molar-refractivity contribution is 0.385. The number of allylic oxidation sites excluding steroid dienone is 1. The Kier molecular flexibility index (Phi) is 3.52. The van der Waals surface area contributed by atoms with Gasteiger partial charge in [-0.1, -0.05) is 19.9 Å². The lowest BCUT2D eigenvalue weighted by Gasteiger charge is -2.30. The SMILES string of the molecule is C=CCC(CC)(CC)C1=NCCN1. The molecule has 13 heavy (non-hydrogen) atoms. The first-order chi connectivity index (χ1) is 6.29. The van der Waals surface area contributed by atoms with Gasteiger partial charge in [0.05, 0.1) is 6.54 Å². The van der Waals surface area contributed by atoms with Crippen LogP contribution in [0.4, 0.5) is 0 Å². The van der Waals surface area contributed by atoms with Gasteiger partial charge in [0.15, 0.2) is 0 Å². The highest BCUT2D eigenvalue weighted by molar-refractivity contribution is 5.89. The molecule has 0 saturated heterocycles. The van der Waals surface area contributed by atoms with Crippen LogP contribution in [0.5, 0.6) is 0 Å². The molecule has 2 heteroatoms. The average molecular weight is 180 g/mol. The number of nitrogens with one attached hydrogen (secondary N) is 1. The summed E-state index contributed by atoms with van der Waals surface area (Å²) in [5.74, 6) is 1.21. The highest BCUT2D eigenvalue weighted by atomic mass is 15.1. The normalized spacial score (nSPS) is 16.6. The zero-order valence-electron chi connectivity index (χ0n) is 8.77. The maximum absolute atomic E-state index is 4.53. The Balaban J connectivity index is 2.80. The molecule has 1 rings (SSSR count). The van der Waals surface area contributed by atoms with Crippen LogP contribution in [-0.2, 0) is 0 Å². The fourth-order valence-electron chi connectivity index (χ4n) is 2.00. The molecule has 0 aromatic rings. The number of nitrogens with zero attached hydrogens (tertiary/aromatic N) is 1. The number of rotatable bonds is 5. The zero-order valence-corrected chi connectivity index (χ0v) is 8.77. The molecule has 0 bridgehead atoms. The maximum Gasteiger partial charge on any atom is 0.103 e. The molecule has 1 aliphatic heterocycles. The van der Waals surface area contributed by atoms with E-state index in [0.717, 1.165) is 32.4 Å². The Labute approximate surface area is 81.1 Å². The molecular formula is C11H20N2. The van der Waals surface area contributed by atoms with Crippen molar-refractivity contribution in [2.45, 2.75) is 33.1 Å². The molecule has 0 aliphatic carbocycles. The molecule has 0 unspecified atom stereocenters. The van der Waals surface area contributed by atoms with E-state index in [4.69, 9.17) is 0 Å². The molecule has 1 aliphatic rings. The van der Waals surface area contributed by atoms with Crippen molar-refractivity contribution in [2.24, 2.45) is 10.4 Å². The fourth-order valence-corrected chi connectivity index (χ4v) is 2.00. The van der Waals surface area contributed by atoms with Gasteiger partial charge < -0.3 is 5.32 Å². The molecular weight excluding hydrogens is 160 g/mol. The fraction of sp³-hybridized carbons (Fsp3) is 0.727. The van der Waals surface area contributed by atoms with Gasteiger partial charge in [0.25, 0.3) is 0 Å². The Bertz CT molecular complexity index is 202. The van der Waals surface area contributed by atoms with E-state index in [-0.39, 0.29) is 5.41 Å². The predicted molar refractivity (Wildman–Crippen MR) is 58.1 cm³/mol. The molecule has 1 heterocycles. The molecule has 74 valence electrons. The van der Waals surface area contributed by atoms with E-state index in [9.17, 15) is 0 Å². The van der Waals surface area contributed by atoms with Crippen LogP contribution in [-0.4, -0.2) is 18.9 Å². The Hall–Kier alpha value is -0.790. The summed E-state index contributed by atoms with van der Waals surface area (Å²) < 4.78 is 0. The molecule has 2 nitrogen and oxygen atoms in total. The molecule has 0 saturated carbocycles. The van der Waals surface area contributed by atoms with E-state index in [1.165, 1.54) is 5.84 Å². The summed E-state index contributed by atoms with van der Waals surface area (Å²) in [5.41, 5.74) is 0.234. The summed E-state index contributed by atoms with van der Waals surface area (Å²) in [5, 5.41) is 3.39. The van der Waals surface area contributed by atoms with E-state index >= 15 is 0 Å². The number of amidine groups is 1. The summed E-state index contributed by atoms with van der Waals surface area (Å²) in [6.07, 6.45) is 5.32. The van der Waals surface area contributed by atoms with Crippen LogP contribution >= 0.6 is 0 Å². The molecule has 0 radical (unpaired) electrons. The van der Waals surface area contributed by atoms with Crippen LogP contribution in [0.15, 0.2) is 17.6 Å². The number of hydrogen-bond acceptors (Lipinski definition) is 2. The van der Waals surface area contributed by atoms with Crippen molar-refractivity contribution in [1.82, 2.24) is 5.32 Å². The third-order valence-electron chi connectivity index (χ3n) is 3.07. The first-order valence-corrected chi connectivity index (χ1v) is 5.18. The van der Waals surface area contributed by atoms with Crippen molar-refractivity contribution in [3.05, 3.63) is 12.7 Å². The van der Waals surface area contributed by atoms with E-state index in [1.807, 2.05) is 6.08 Å². The third-order valence-corrected chi connectivity index (χ3v) is 3.07. The standard InChI is InChI=1S/C11H20N2/c1-4-7-11(5-2,6-3)10-12-8-9-13-10/h4H,1,5-9H2,2-3H3,(H,12,13). The Morgan fingerprint density at radius 1 is 1.54 bits per heavy atom. The molecule has 1 N–H and O–H groups in total. The van der Waals surface area contributed by atoms with Gasteiger partial charge in [-0.3, -0.25) is 4.99 Å². The third kappa shape index (κ3) is 1.93. The van der Waals surface area contributed by atoms with Crippen LogP contribution in [0.2, 0.25) is 0 Å². The largest absolute Gasteiger partial charge is 0.372 e. The van der Waals surface area contributed by atoms with Gasteiger partial charge in [-0.25, -0.2) is 0 Å². The van der Waals surface area contributed by atoms with Gasteiger partial charge in [0, 0.05) is 12.0 Å². The van der Waals surface area contributed by atoms with Gasteiger partial charge in [0.2, 0.25) is 0 Å². The highest BCUT2D eigenvalue weighted by Crippen LogP contribution is 2.32. The van der Waals surface area contributed by atoms with Crippen molar-refractivity contribution in [3.8, 4) is 0 Å². The van der Waals surface area contributed by atoms with Crippen LogP contribution < -0.4 is 5.32 Å². The first kappa shape index (κ1) is 10.3. The van der Waals surface area contributed by atoms with E-state index in [1.54, 1.807) is 0 Å². The zero-order chi connectivity index (χ0) is 9.73. The summed E-state index contributed by atoms with van der Waals surface area (Å²) in [6, 6.07) is 0. The Morgan fingerprint density at radius 3 is 2.62 bits per heavy atom. The van der Waals surface area contributed by atoms with E-state index < -0.39 is 0 Å².